The predicted molar refractivity (Wildman–Crippen MR) is 178 cm³/mol. The first-order chi connectivity index (χ1) is 22.6. The van der Waals surface area contributed by atoms with Gasteiger partial charge in [-0.2, -0.15) is 0 Å². The molecule has 1 saturated carbocycles. The molecule has 0 radical (unpaired) electrons. The first-order valence-electron chi connectivity index (χ1n) is 15.8. The highest BCUT2D eigenvalue weighted by Gasteiger charge is 2.36. The molecule has 47 heavy (non-hydrogen) atoms. The molecular formula is C37H39F2N3O4S. The van der Waals surface area contributed by atoms with E-state index in [4.69, 9.17) is 0 Å². The number of para-hydroxylation sites is 1. The molecule has 7 nitrogen and oxygen atoms in total. The van der Waals surface area contributed by atoms with Crippen molar-refractivity contribution in [3.8, 4) is 0 Å². The molecule has 0 aliphatic heterocycles. The fourth-order valence-corrected chi connectivity index (χ4v) is 7.34. The zero-order valence-electron chi connectivity index (χ0n) is 26.3. The Labute approximate surface area is 275 Å². The van der Waals surface area contributed by atoms with E-state index in [0.717, 1.165) is 53.6 Å². The van der Waals surface area contributed by atoms with E-state index in [1.165, 1.54) is 53.4 Å². The van der Waals surface area contributed by atoms with Gasteiger partial charge in [0.2, 0.25) is 11.8 Å². The molecule has 4 aromatic rings. The SMILES string of the molecule is Cc1ccc(S(=O)(=O)N(CC(=O)N(Cc2ccccc2F)C(Cc2ccccc2)C(=O)NC2CCCCC2)c2ccccc2F)cc1. The Morgan fingerprint density at radius 1 is 0.809 bits per heavy atom. The number of aryl methyl sites for hydroxylation is 1. The molecular weight excluding hydrogens is 620 g/mol. The Balaban J connectivity index is 1.58. The summed E-state index contributed by atoms with van der Waals surface area (Å²) < 4.78 is 59.3. The minimum atomic E-state index is -4.46. The minimum Gasteiger partial charge on any atom is -0.352 e. The van der Waals surface area contributed by atoms with Gasteiger partial charge in [-0.05, 0) is 55.7 Å². The molecule has 2 amide bonds. The lowest BCUT2D eigenvalue weighted by atomic mass is 9.94. The summed E-state index contributed by atoms with van der Waals surface area (Å²) in [4.78, 5) is 29.7. The third kappa shape index (κ3) is 8.43. The average Bonchev–Trinajstić information content (AvgIpc) is 3.07. The summed E-state index contributed by atoms with van der Waals surface area (Å²) in [6.45, 7) is 0.671. The number of nitrogens with one attached hydrogen (secondary N) is 1. The second-order valence-corrected chi connectivity index (χ2v) is 13.8. The molecule has 0 heterocycles. The van der Waals surface area contributed by atoms with Crippen LogP contribution in [-0.2, 0) is 32.6 Å². The number of amides is 2. The van der Waals surface area contributed by atoms with Crippen LogP contribution in [0.25, 0.3) is 0 Å². The van der Waals surface area contributed by atoms with E-state index in [0.29, 0.717) is 0 Å². The number of nitrogens with zero attached hydrogens (tertiary/aromatic N) is 2. The maximum Gasteiger partial charge on any atom is 0.264 e. The van der Waals surface area contributed by atoms with Crippen LogP contribution in [0.2, 0.25) is 0 Å². The molecule has 1 N–H and O–H groups in total. The summed E-state index contributed by atoms with van der Waals surface area (Å²) in [6.07, 6.45) is 4.74. The van der Waals surface area contributed by atoms with Crippen LogP contribution >= 0.6 is 0 Å². The van der Waals surface area contributed by atoms with Crippen LogP contribution in [-0.4, -0.2) is 43.8 Å². The van der Waals surface area contributed by atoms with Gasteiger partial charge >= 0.3 is 0 Å². The summed E-state index contributed by atoms with van der Waals surface area (Å²) in [5.41, 5.74) is 1.42. The van der Waals surface area contributed by atoms with E-state index in [2.05, 4.69) is 5.32 Å². The van der Waals surface area contributed by atoms with E-state index < -0.39 is 46.1 Å². The number of halogens is 2. The fourth-order valence-electron chi connectivity index (χ4n) is 5.91. The third-order valence-electron chi connectivity index (χ3n) is 8.53. The number of carbonyl (C=O) groups is 2. The number of carbonyl (C=O) groups excluding carboxylic acids is 2. The Morgan fingerprint density at radius 3 is 2.09 bits per heavy atom. The highest BCUT2D eigenvalue weighted by Crippen LogP contribution is 2.28. The van der Waals surface area contributed by atoms with Gasteiger partial charge in [-0.15, -0.1) is 0 Å². The topological polar surface area (TPSA) is 86.8 Å². The van der Waals surface area contributed by atoms with Gasteiger partial charge in [-0.1, -0.05) is 97.6 Å². The third-order valence-corrected chi connectivity index (χ3v) is 10.3. The van der Waals surface area contributed by atoms with Crippen molar-refractivity contribution in [3.05, 3.63) is 131 Å². The smallest absolute Gasteiger partial charge is 0.264 e. The number of rotatable bonds is 12. The molecule has 0 aromatic heterocycles. The van der Waals surface area contributed by atoms with Crippen LogP contribution in [0.4, 0.5) is 14.5 Å². The number of hydrogen-bond donors (Lipinski definition) is 1. The van der Waals surface area contributed by atoms with Crippen molar-refractivity contribution in [2.75, 3.05) is 10.8 Å². The highest BCUT2D eigenvalue weighted by molar-refractivity contribution is 7.92. The standard InChI is InChI=1S/C37H39F2N3O4S/c1-27-20-22-31(23-21-27)47(45,46)42(34-19-11-10-18-33(34)39)26-36(43)41(25-29-14-8-9-17-32(29)38)35(24-28-12-4-2-5-13-28)37(44)40-30-15-6-3-7-16-30/h2,4-5,8-14,17-23,30,35H,3,6-7,15-16,24-26H2,1H3,(H,40,44). The molecule has 0 saturated heterocycles. The molecule has 1 unspecified atom stereocenters. The lowest BCUT2D eigenvalue weighted by Crippen LogP contribution is -2.55. The fraction of sp³-hybridized carbons (Fsp3) is 0.297. The van der Waals surface area contributed by atoms with Crippen molar-refractivity contribution in [1.82, 2.24) is 10.2 Å². The highest BCUT2D eigenvalue weighted by atomic mass is 32.2. The molecule has 1 aliphatic rings. The molecule has 4 aromatic carbocycles. The molecule has 1 aliphatic carbocycles. The van der Waals surface area contributed by atoms with E-state index in [9.17, 15) is 18.0 Å². The second kappa shape index (κ2) is 15.3. The van der Waals surface area contributed by atoms with Crippen molar-refractivity contribution in [1.29, 1.82) is 0 Å². The summed E-state index contributed by atoms with van der Waals surface area (Å²) in [7, 11) is -4.46. The molecule has 246 valence electrons. The lowest BCUT2D eigenvalue weighted by molar-refractivity contribution is -0.140. The maximum absolute atomic E-state index is 15.3. The number of benzene rings is 4. The molecule has 5 rings (SSSR count). The summed E-state index contributed by atoms with van der Waals surface area (Å²) in [5, 5.41) is 3.11. The van der Waals surface area contributed by atoms with Crippen molar-refractivity contribution < 1.29 is 26.8 Å². The molecule has 0 spiro atoms. The van der Waals surface area contributed by atoms with E-state index in [-0.39, 0.29) is 35.2 Å². The monoisotopic (exact) mass is 659 g/mol. The van der Waals surface area contributed by atoms with Gasteiger partial charge in [-0.25, -0.2) is 17.2 Å². The van der Waals surface area contributed by atoms with Crippen LogP contribution in [0, 0.1) is 18.6 Å². The van der Waals surface area contributed by atoms with Crippen molar-refractivity contribution in [2.24, 2.45) is 0 Å². The number of hydrogen-bond acceptors (Lipinski definition) is 4. The summed E-state index contributed by atoms with van der Waals surface area (Å²) in [6, 6.07) is 25.2. The van der Waals surface area contributed by atoms with Gasteiger partial charge in [0.05, 0.1) is 10.6 Å². The van der Waals surface area contributed by atoms with Gasteiger partial charge in [0.1, 0.15) is 24.2 Å². The predicted octanol–water partition coefficient (Wildman–Crippen LogP) is 6.56. The molecule has 10 heteroatoms. The van der Waals surface area contributed by atoms with E-state index >= 15 is 8.78 Å². The Bertz CT molecular complexity index is 1780. The minimum absolute atomic E-state index is 0.0724. The number of anilines is 1. The van der Waals surface area contributed by atoms with Gasteiger partial charge in [0.25, 0.3) is 10.0 Å². The lowest BCUT2D eigenvalue weighted by Gasteiger charge is -2.35. The van der Waals surface area contributed by atoms with Crippen LogP contribution < -0.4 is 9.62 Å². The van der Waals surface area contributed by atoms with Crippen LogP contribution in [0.5, 0.6) is 0 Å². The van der Waals surface area contributed by atoms with Crippen LogP contribution in [0.15, 0.2) is 108 Å². The van der Waals surface area contributed by atoms with Gasteiger partial charge in [-0.3, -0.25) is 13.9 Å². The van der Waals surface area contributed by atoms with Gasteiger partial charge in [0, 0.05) is 24.6 Å². The van der Waals surface area contributed by atoms with Crippen LogP contribution in [0.1, 0.15) is 48.8 Å². The molecule has 1 atom stereocenters. The summed E-state index contributed by atoms with van der Waals surface area (Å²) in [5.74, 6) is -2.61. The maximum atomic E-state index is 15.3. The Kier molecular flexibility index (Phi) is 11.0. The Morgan fingerprint density at radius 2 is 1.43 bits per heavy atom. The zero-order chi connectivity index (χ0) is 33.4. The normalized spacial score (nSPS) is 14.3. The van der Waals surface area contributed by atoms with Crippen molar-refractivity contribution >= 4 is 27.5 Å². The average molecular weight is 660 g/mol. The van der Waals surface area contributed by atoms with Crippen LogP contribution in [0.3, 0.4) is 0 Å². The van der Waals surface area contributed by atoms with Crippen molar-refractivity contribution in [2.45, 2.75) is 69.0 Å². The Hall–Kier alpha value is -4.57. The number of sulfonamides is 1. The quantitative estimate of drug-likeness (QED) is 0.187. The molecule has 1 fully saturated rings. The first-order valence-corrected chi connectivity index (χ1v) is 17.3. The largest absolute Gasteiger partial charge is 0.352 e. The molecule has 0 bridgehead atoms. The van der Waals surface area contributed by atoms with E-state index in [1.54, 1.807) is 25.1 Å². The summed E-state index contributed by atoms with van der Waals surface area (Å²) >= 11 is 0. The van der Waals surface area contributed by atoms with E-state index in [1.807, 2.05) is 30.3 Å². The van der Waals surface area contributed by atoms with Crippen molar-refractivity contribution in [3.63, 3.8) is 0 Å². The zero-order valence-corrected chi connectivity index (χ0v) is 27.1. The van der Waals surface area contributed by atoms with Gasteiger partial charge < -0.3 is 10.2 Å². The first kappa shape index (κ1) is 33.8. The second-order valence-electron chi connectivity index (χ2n) is 11.9. The van der Waals surface area contributed by atoms with Gasteiger partial charge in [0.15, 0.2) is 0 Å².